The van der Waals surface area contributed by atoms with Crippen molar-refractivity contribution in [1.29, 1.82) is 0 Å². The highest BCUT2D eigenvalue weighted by atomic mass is 16.5. The summed E-state index contributed by atoms with van der Waals surface area (Å²) in [7, 11) is 0. The van der Waals surface area contributed by atoms with Crippen LogP contribution in [0.4, 0.5) is 11.6 Å². The Bertz CT molecular complexity index is 1310. The second kappa shape index (κ2) is 11.4. The van der Waals surface area contributed by atoms with Crippen molar-refractivity contribution in [3.63, 3.8) is 0 Å². The Morgan fingerprint density at radius 1 is 1.23 bits per heavy atom. The predicted octanol–water partition coefficient (Wildman–Crippen LogP) is 0.600. The molecule has 0 aliphatic rings. The molecule has 35 heavy (non-hydrogen) atoms. The Morgan fingerprint density at radius 3 is 2.66 bits per heavy atom. The molecule has 0 bridgehead atoms. The third-order valence-corrected chi connectivity index (χ3v) is 4.71. The SMILES string of the molecule is C=CCOC(=O)CC[C@H](NC(=O)c1ccc(NCc2cnc3nc(N)[nH]c(=O)c3n2)cc1)C(=O)O. The number of aliphatic carboxylic acids is 1. The first-order chi connectivity index (χ1) is 16.8. The summed E-state index contributed by atoms with van der Waals surface area (Å²) >= 11 is 0. The maximum absolute atomic E-state index is 12.5. The molecule has 0 unspecified atom stereocenters. The Labute approximate surface area is 198 Å². The van der Waals surface area contributed by atoms with Crippen LogP contribution in [0.15, 0.2) is 47.9 Å². The van der Waals surface area contributed by atoms with Crippen molar-refractivity contribution in [2.45, 2.75) is 25.4 Å². The minimum absolute atomic E-state index is 0.0291. The van der Waals surface area contributed by atoms with Gasteiger partial charge in [0.2, 0.25) is 5.95 Å². The van der Waals surface area contributed by atoms with Gasteiger partial charge in [-0.2, -0.15) is 4.98 Å². The summed E-state index contributed by atoms with van der Waals surface area (Å²) < 4.78 is 4.81. The number of H-pyrrole nitrogens is 1. The first-order valence-corrected chi connectivity index (χ1v) is 10.4. The largest absolute Gasteiger partial charge is 0.480 e. The van der Waals surface area contributed by atoms with Gasteiger partial charge in [0, 0.05) is 17.7 Å². The molecule has 1 amide bonds. The average Bonchev–Trinajstić information content (AvgIpc) is 2.84. The summed E-state index contributed by atoms with van der Waals surface area (Å²) in [5.74, 6) is -2.49. The first kappa shape index (κ1) is 24.8. The lowest BCUT2D eigenvalue weighted by atomic mass is 10.1. The Hall–Kier alpha value is -4.81. The number of rotatable bonds is 11. The summed E-state index contributed by atoms with van der Waals surface area (Å²) in [6.07, 6.45) is 2.58. The van der Waals surface area contributed by atoms with E-state index in [1.807, 2.05) is 0 Å². The molecule has 182 valence electrons. The molecular weight excluding hydrogens is 458 g/mol. The third-order valence-electron chi connectivity index (χ3n) is 4.71. The van der Waals surface area contributed by atoms with E-state index in [1.165, 1.54) is 24.4 Å². The average molecular weight is 481 g/mol. The Kier molecular flexibility index (Phi) is 8.06. The van der Waals surface area contributed by atoms with Gasteiger partial charge in [-0.15, -0.1) is 0 Å². The normalized spacial score (nSPS) is 11.4. The van der Waals surface area contributed by atoms with Crippen molar-refractivity contribution < 1.29 is 24.2 Å². The van der Waals surface area contributed by atoms with Crippen LogP contribution in [0.2, 0.25) is 0 Å². The number of hydrogen-bond acceptors (Lipinski definition) is 10. The minimum Gasteiger partial charge on any atom is -0.480 e. The molecule has 0 saturated carbocycles. The van der Waals surface area contributed by atoms with E-state index in [2.05, 4.69) is 37.1 Å². The number of carbonyl (C=O) groups is 3. The molecule has 3 rings (SSSR count). The number of hydrogen-bond donors (Lipinski definition) is 5. The molecule has 0 fully saturated rings. The van der Waals surface area contributed by atoms with Crippen molar-refractivity contribution >= 4 is 40.6 Å². The third kappa shape index (κ3) is 6.83. The number of nitrogen functional groups attached to an aromatic ring is 1. The topological polar surface area (TPSA) is 202 Å². The molecule has 0 spiro atoms. The highest BCUT2D eigenvalue weighted by Gasteiger charge is 2.22. The number of carboxylic acids is 1. The van der Waals surface area contributed by atoms with Crippen LogP contribution in [0.5, 0.6) is 0 Å². The molecule has 13 heteroatoms. The monoisotopic (exact) mass is 481 g/mol. The molecule has 0 aliphatic heterocycles. The van der Waals surface area contributed by atoms with E-state index < -0.39 is 29.4 Å². The lowest BCUT2D eigenvalue weighted by molar-refractivity contribution is -0.143. The summed E-state index contributed by atoms with van der Waals surface area (Å²) in [5, 5.41) is 14.8. The molecule has 0 saturated heterocycles. The number of nitrogens with one attached hydrogen (secondary N) is 3. The van der Waals surface area contributed by atoms with Gasteiger partial charge in [-0.05, 0) is 30.7 Å². The summed E-state index contributed by atoms with van der Waals surface area (Å²) in [4.78, 5) is 62.0. The fourth-order valence-electron chi connectivity index (χ4n) is 2.97. The van der Waals surface area contributed by atoms with Crippen LogP contribution in [0.25, 0.3) is 11.2 Å². The van der Waals surface area contributed by atoms with E-state index in [4.69, 9.17) is 10.5 Å². The number of ether oxygens (including phenoxy) is 1. The Morgan fingerprint density at radius 2 is 1.97 bits per heavy atom. The molecular formula is C22H23N7O6. The molecule has 2 heterocycles. The number of anilines is 2. The van der Waals surface area contributed by atoms with Crippen LogP contribution in [0.1, 0.15) is 28.9 Å². The number of amides is 1. The molecule has 3 aromatic rings. The van der Waals surface area contributed by atoms with Crippen LogP contribution in [-0.4, -0.2) is 55.5 Å². The smallest absolute Gasteiger partial charge is 0.326 e. The van der Waals surface area contributed by atoms with E-state index in [1.54, 1.807) is 12.1 Å². The van der Waals surface area contributed by atoms with Crippen molar-refractivity contribution in [2.75, 3.05) is 17.7 Å². The summed E-state index contributed by atoms with van der Waals surface area (Å²) in [6.45, 7) is 3.69. The highest BCUT2D eigenvalue weighted by Crippen LogP contribution is 2.12. The van der Waals surface area contributed by atoms with Gasteiger partial charge in [-0.3, -0.25) is 19.4 Å². The van der Waals surface area contributed by atoms with E-state index in [9.17, 15) is 24.3 Å². The maximum Gasteiger partial charge on any atom is 0.326 e. The number of carbonyl (C=O) groups excluding carboxylic acids is 2. The second-order valence-corrected chi connectivity index (χ2v) is 7.29. The number of nitrogens with two attached hydrogens (primary N) is 1. The molecule has 2 aromatic heterocycles. The molecule has 13 nitrogen and oxygen atoms in total. The highest BCUT2D eigenvalue weighted by molar-refractivity contribution is 5.97. The molecule has 0 radical (unpaired) electrons. The van der Waals surface area contributed by atoms with Gasteiger partial charge in [-0.25, -0.2) is 14.8 Å². The fourth-order valence-corrected chi connectivity index (χ4v) is 2.97. The fraction of sp³-hybridized carbons (Fsp3) is 0.227. The van der Waals surface area contributed by atoms with Gasteiger partial charge in [0.25, 0.3) is 11.5 Å². The van der Waals surface area contributed by atoms with E-state index in [-0.39, 0.29) is 48.7 Å². The molecule has 1 atom stereocenters. The summed E-state index contributed by atoms with van der Waals surface area (Å²) in [6, 6.07) is 5.02. The number of aromatic nitrogens is 4. The van der Waals surface area contributed by atoms with Crippen LogP contribution in [0, 0.1) is 0 Å². The van der Waals surface area contributed by atoms with Crippen molar-refractivity contribution in [3.8, 4) is 0 Å². The number of carboxylic acid groups (broad SMARTS) is 1. The number of nitrogens with zero attached hydrogens (tertiary/aromatic N) is 3. The molecule has 1 aromatic carbocycles. The zero-order valence-electron chi connectivity index (χ0n) is 18.5. The van der Waals surface area contributed by atoms with Crippen molar-refractivity contribution in [2.24, 2.45) is 0 Å². The standard InChI is InChI=1S/C22H23N7O6/c1-2-9-35-16(30)8-7-15(21(33)34)27-19(31)12-3-5-13(6-4-12)24-10-14-11-25-18-17(26-14)20(32)29-22(23)28-18/h2-6,11,15,24H,1,7-10H2,(H,27,31)(H,33,34)(H3,23,25,28,29,32)/t15-/m0/s1. The van der Waals surface area contributed by atoms with Gasteiger partial charge >= 0.3 is 11.9 Å². The van der Waals surface area contributed by atoms with Gasteiger partial charge in [0.05, 0.1) is 18.4 Å². The Balaban J connectivity index is 1.57. The van der Waals surface area contributed by atoms with Crippen LogP contribution in [-0.2, 0) is 20.9 Å². The van der Waals surface area contributed by atoms with E-state index >= 15 is 0 Å². The predicted molar refractivity (Wildman–Crippen MR) is 125 cm³/mol. The van der Waals surface area contributed by atoms with Crippen LogP contribution < -0.4 is 21.9 Å². The minimum atomic E-state index is -1.26. The van der Waals surface area contributed by atoms with Gasteiger partial charge in [0.15, 0.2) is 11.2 Å². The van der Waals surface area contributed by atoms with Crippen LogP contribution >= 0.6 is 0 Å². The number of aromatic amines is 1. The van der Waals surface area contributed by atoms with Crippen molar-refractivity contribution in [3.05, 3.63) is 64.7 Å². The summed E-state index contributed by atoms with van der Waals surface area (Å²) in [5.41, 5.74) is 6.55. The quantitative estimate of drug-likeness (QED) is 0.189. The lowest BCUT2D eigenvalue weighted by Gasteiger charge is -2.14. The van der Waals surface area contributed by atoms with Gasteiger partial charge in [0.1, 0.15) is 12.6 Å². The van der Waals surface area contributed by atoms with Gasteiger partial charge in [-0.1, -0.05) is 12.7 Å². The number of esters is 1. The zero-order valence-corrected chi connectivity index (χ0v) is 18.5. The lowest BCUT2D eigenvalue weighted by Crippen LogP contribution is -2.41. The number of benzene rings is 1. The first-order valence-electron chi connectivity index (χ1n) is 10.4. The molecule has 0 aliphatic carbocycles. The maximum atomic E-state index is 12.5. The van der Waals surface area contributed by atoms with E-state index in [0.29, 0.717) is 11.4 Å². The van der Waals surface area contributed by atoms with Crippen molar-refractivity contribution in [1.82, 2.24) is 25.3 Å². The zero-order chi connectivity index (χ0) is 25.4. The van der Waals surface area contributed by atoms with Crippen LogP contribution in [0.3, 0.4) is 0 Å². The van der Waals surface area contributed by atoms with Gasteiger partial charge < -0.3 is 26.2 Å². The van der Waals surface area contributed by atoms with E-state index in [0.717, 1.165) is 0 Å². The second-order valence-electron chi connectivity index (χ2n) is 7.29. The number of fused-ring (bicyclic) bond motifs is 1. The molecule has 6 N–H and O–H groups in total.